The second-order valence-corrected chi connectivity index (χ2v) is 10.8. The summed E-state index contributed by atoms with van der Waals surface area (Å²) in [4.78, 5) is 61.6. The van der Waals surface area contributed by atoms with E-state index in [-0.39, 0.29) is 17.4 Å². The topological polar surface area (TPSA) is 154 Å². The molecule has 2 saturated heterocycles. The van der Waals surface area contributed by atoms with E-state index in [0.717, 1.165) is 5.56 Å². The standard InChI is InChI=1S/C22H30ClN3O5S.C2H2O4/c1-5-30-20(28)25-12-10-24(11-13-25)18(27)17-14-32-19(15-6-8-16(23)9-7-15)26(17)21(29)31-22(2,3)4;3-1(4)2(5)6/h6-9,17,19H,5,10-14H2,1-4H3;(H,3,4)(H,5,6). The molecule has 2 aliphatic heterocycles. The van der Waals surface area contributed by atoms with E-state index in [1.54, 1.807) is 54.5 Å². The molecule has 2 unspecified atom stereocenters. The van der Waals surface area contributed by atoms with Gasteiger partial charge in [0, 0.05) is 37.0 Å². The molecule has 3 amide bonds. The summed E-state index contributed by atoms with van der Waals surface area (Å²) in [5, 5.41) is 15.0. The highest BCUT2D eigenvalue weighted by Gasteiger charge is 2.46. The number of nitrogens with zero attached hydrogens (tertiary/aromatic N) is 3. The maximum Gasteiger partial charge on any atom is 0.414 e. The second-order valence-electron chi connectivity index (χ2n) is 9.26. The summed E-state index contributed by atoms with van der Waals surface area (Å²) in [5.74, 6) is -3.32. The van der Waals surface area contributed by atoms with Gasteiger partial charge in [-0.2, -0.15) is 0 Å². The first-order valence-electron chi connectivity index (χ1n) is 11.8. The van der Waals surface area contributed by atoms with Crippen molar-refractivity contribution in [2.45, 2.75) is 44.7 Å². The summed E-state index contributed by atoms with van der Waals surface area (Å²) in [6.45, 7) is 9.07. The molecular formula is C24H32ClN3O9S. The fraction of sp³-hybridized carbons (Fsp3) is 0.542. The van der Waals surface area contributed by atoms with Crippen LogP contribution in [0.5, 0.6) is 0 Å². The van der Waals surface area contributed by atoms with Gasteiger partial charge in [0.1, 0.15) is 17.0 Å². The van der Waals surface area contributed by atoms with Gasteiger partial charge >= 0.3 is 24.1 Å². The van der Waals surface area contributed by atoms with Gasteiger partial charge in [0.15, 0.2) is 0 Å². The van der Waals surface area contributed by atoms with Crippen molar-refractivity contribution in [2.24, 2.45) is 0 Å². The molecule has 1 aromatic rings. The Labute approximate surface area is 229 Å². The molecular weight excluding hydrogens is 542 g/mol. The predicted octanol–water partition coefficient (Wildman–Crippen LogP) is 3.15. The number of carbonyl (C=O) groups excluding carboxylic acids is 3. The summed E-state index contributed by atoms with van der Waals surface area (Å²) in [7, 11) is 0. The molecule has 0 bridgehead atoms. The lowest BCUT2D eigenvalue weighted by atomic mass is 10.1. The first-order chi connectivity index (χ1) is 17.7. The van der Waals surface area contributed by atoms with E-state index in [1.165, 1.54) is 11.8 Å². The van der Waals surface area contributed by atoms with Crippen LogP contribution in [0.2, 0.25) is 5.02 Å². The zero-order chi connectivity index (χ0) is 28.6. The molecule has 2 aliphatic rings. The maximum absolute atomic E-state index is 13.4. The van der Waals surface area contributed by atoms with Crippen molar-refractivity contribution in [1.29, 1.82) is 0 Å². The van der Waals surface area contributed by atoms with Crippen LogP contribution in [-0.2, 0) is 23.9 Å². The molecule has 0 aliphatic carbocycles. The highest BCUT2D eigenvalue weighted by molar-refractivity contribution is 7.99. The summed E-state index contributed by atoms with van der Waals surface area (Å²) in [6.07, 6.45) is -0.889. The summed E-state index contributed by atoms with van der Waals surface area (Å²) < 4.78 is 10.7. The molecule has 2 atom stereocenters. The van der Waals surface area contributed by atoms with Gasteiger partial charge in [-0.1, -0.05) is 23.7 Å². The third kappa shape index (κ3) is 8.69. The normalized spacial score (nSPS) is 19.2. The summed E-state index contributed by atoms with van der Waals surface area (Å²) in [5.41, 5.74) is 0.195. The number of carbonyl (C=O) groups is 5. The second kappa shape index (κ2) is 13.6. The molecule has 0 spiro atoms. The van der Waals surface area contributed by atoms with Crippen LogP contribution in [0.1, 0.15) is 38.6 Å². The Kier molecular flexibility index (Phi) is 11.1. The zero-order valence-corrected chi connectivity index (χ0v) is 23.2. The van der Waals surface area contributed by atoms with Gasteiger partial charge in [-0.3, -0.25) is 9.69 Å². The third-order valence-electron chi connectivity index (χ3n) is 5.35. The van der Waals surface area contributed by atoms with Gasteiger partial charge in [0.2, 0.25) is 5.91 Å². The first kappa shape index (κ1) is 31.0. The van der Waals surface area contributed by atoms with E-state index < -0.39 is 29.7 Å². The smallest absolute Gasteiger partial charge is 0.414 e. The molecule has 38 heavy (non-hydrogen) atoms. The van der Waals surface area contributed by atoms with E-state index in [2.05, 4.69) is 0 Å². The number of thioether (sulfide) groups is 1. The lowest BCUT2D eigenvalue weighted by Crippen LogP contribution is -2.56. The molecule has 14 heteroatoms. The number of carboxylic acids is 2. The number of halogens is 1. The van der Waals surface area contributed by atoms with Gasteiger partial charge < -0.3 is 29.5 Å². The van der Waals surface area contributed by atoms with E-state index in [0.29, 0.717) is 43.6 Å². The highest BCUT2D eigenvalue weighted by atomic mass is 35.5. The van der Waals surface area contributed by atoms with Crippen LogP contribution in [0, 0.1) is 0 Å². The SMILES string of the molecule is CCOC(=O)N1CCN(C(=O)C2CSC(c3ccc(Cl)cc3)N2C(=O)OC(C)(C)C)CC1.O=C(O)C(=O)O. The minimum atomic E-state index is -1.82. The Morgan fingerprint density at radius 1 is 0.947 bits per heavy atom. The molecule has 3 rings (SSSR count). The van der Waals surface area contributed by atoms with Gasteiger partial charge in [-0.05, 0) is 45.4 Å². The van der Waals surface area contributed by atoms with Crippen molar-refractivity contribution < 1.29 is 43.7 Å². The van der Waals surface area contributed by atoms with Crippen molar-refractivity contribution in [3.8, 4) is 0 Å². The fourth-order valence-corrected chi connectivity index (χ4v) is 5.19. The first-order valence-corrected chi connectivity index (χ1v) is 13.2. The van der Waals surface area contributed by atoms with Gasteiger partial charge in [-0.25, -0.2) is 19.2 Å². The van der Waals surface area contributed by atoms with Gasteiger partial charge in [0.25, 0.3) is 0 Å². The summed E-state index contributed by atoms with van der Waals surface area (Å²) >= 11 is 7.56. The van der Waals surface area contributed by atoms with Crippen molar-refractivity contribution in [2.75, 3.05) is 38.5 Å². The number of aliphatic carboxylic acids is 2. The number of amides is 3. The average molecular weight is 574 g/mol. The molecule has 1 aromatic carbocycles. The van der Waals surface area contributed by atoms with E-state index >= 15 is 0 Å². The third-order valence-corrected chi connectivity index (χ3v) is 6.92. The predicted molar refractivity (Wildman–Crippen MR) is 139 cm³/mol. The van der Waals surface area contributed by atoms with E-state index in [4.69, 9.17) is 40.9 Å². The quantitative estimate of drug-likeness (QED) is 0.515. The number of piperazine rings is 1. The summed E-state index contributed by atoms with van der Waals surface area (Å²) in [6, 6.07) is 6.62. The van der Waals surface area contributed by atoms with Crippen LogP contribution in [0.15, 0.2) is 24.3 Å². The number of ether oxygens (including phenoxy) is 2. The molecule has 12 nitrogen and oxygen atoms in total. The van der Waals surface area contributed by atoms with Crippen LogP contribution in [0.25, 0.3) is 0 Å². The number of rotatable bonds is 3. The Bertz CT molecular complexity index is 1010. The van der Waals surface area contributed by atoms with Crippen LogP contribution in [0.3, 0.4) is 0 Å². The van der Waals surface area contributed by atoms with Crippen LogP contribution >= 0.6 is 23.4 Å². The van der Waals surface area contributed by atoms with E-state index in [1.807, 2.05) is 12.1 Å². The minimum Gasteiger partial charge on any atom is -0.473 e. The fourth-order valence-electron chi connectivity index (χ4n) is 3.65. The van der Waals surface area contributed by atoms with Crippen molar-refractivity contribution in [1.82, 2.24) is 14.7 Å². The van der Waals surface area contributed by atoms with Crippen LogP contribution < -0.4 is 0 Å². The highest BCUT2D eigenvalue weighted by Crippen LogP contribution is 2.43. The van der Waals surface area contributed by atoms with Gasteiger partial charge in [-0.15, -0.1) is 11.8 Å². The maximum atomic E-state index is 13.4. The number of benzene rings is 1. The molecule has 0 aromatic heterocycles. The van der Waals surface area contributed by atoms with E-state index in [9.17, 15) is 14.4 Å². The molecule has 2 fully saturated rings. The molecule has 0 radical (unpaired) electrons. The molecule has 2 N–H and O–H groups in total. The lowest BCUT2D eigenvalue weighted by Gasteiger charge is -2.37. The van der Waals surface area contributed by atoms with Crippen molar-refractivity contribution >= 4 is 53.4 Å². The minimum absolute atomic E-state index is 0.136. The molecule has 210 valence electrons. The van der Waals surface area contributed by atoms with Gasteiger partial charge in [0.05, 0.1) is 6.61 Å². The van der Waals surface area contributed by atoms with Crippen molar-refractivity contribution in [3.63, 3.8) is 0 Å². The number of hydrogen-bond acceptors (Lipinski definition) is 8. The molecule has 0 saturated carbocycles. The Balaban J connectivity index is 0.000000757. The Morgan fingerprint density at radius 3 is 1.95 bits per heavy atom. The lowest BCUT2D eigenvalue weighted by molar-refractivity contribution is -0.159. The number of carboxylic acid groups (broad SMARTS) is 2. The monoisotopic (exact) mass is 573 g/mol. The number of hydrogen-bond donors (Lipinski definition) is 2. The van der Waals surface area contributed by atoms with Crippen LogP contribution in [-0.4, -0.2) is 105 Å². The molecule has 2 heterocycles. The van der Waals surface area contributed by atoms with Crippen LogP contribution in [0.4, 0.5) is 9.59 Å². The van der Waals surface area contributed by atoms with Crippen molar-refractivity contribution in [3.05, 3.63) is 34.9 Å². The Hall–Kier alpha value is -3.19. The zero-order valence-electron chi connectivity index (χ0n) is 21.6. The largest absolute Gasteiger partial charge is 0.473 e. The Morgan fingerprint density at radius 2 is 1.47 bits per heavy atom. The average Bonchev–Trinajstić information content (AvgIpc) is 3.29.